The third kappa shape index (κ3) is 5.46. The molecule has 0 bridgehead atoms. The van der Waals surface area contributed by atoms with E-state index in [1.807, 2.05) is 13.8 Å². The van der Waals surface area contributed by atoms with Crippen molar-refractivity contribution in [2.75, 3.05) is 12.8 Å². The highest BCUT2D eigenvalue weighted by atomic mass is 32.2. The van der Waals surface area contributed by atoms with Crippen LogP contribution in [0.1, 0.15) is 40.0 Å². The normalized spacial score (nSPS) is 37.4. The number of aliphatic hydroxyl groups is 3. The average Bonchev–Trinajstić information content (AvgIpc) is 2.65. The molecule has 7 nitrogen and oxygen atoms in total. The van der Waals surface area contributed by atoms with Crippen LogP contribution in [0.3, 0.4) is 0 Å². The number of piperidine rings is 1. The van der Waals surface area contributed by atoms with E-state index >= 15 is 0 Å². The SMILES string of the molecule is CC/C=C1\CCNC(C(=O)NC(C(C)C)C2OC(SC)C(O)C(O)C2O)C1. The maximum atomic E-state index is 12.9. The molecule has 156 valence electrons. The molecule has 2 saturated heterocycles. The number of carbonyl (C=O) groups excluding carboxylic acids is 1. The molecule has 5 N–H and O–H groups in total. The predicted molar refractivity (Wildman–Crippen MR) is 106 cm³/mol. The second-order valence-electron chi connectivity index (χ2n) is 7.69. The Labute approximate surface area is 165 Å². The lowest BCUT2D eigenvalue weighted by atomic mass is 9.88. The molecule has 2 aliphatic heterocycles. The van der Waals surface area contributed by atoms with Crippen molar-refractivity contribution in [3.05, 3.63) is 11.6 Å². The number of amides is 1. The van der Waals surface area contributed by atoms with Crippen LogP contribution in [-0.2, 0) is 9.53 Å². The summed E-state index contributed by atoms with van der Waals surface area (Å²) < 4.78 is 5.86. The number of hydrogen-bond acceptors (Lipinski definition) is 7. The Morgan fingerprint density at radius 3 is 2.63 bits per heavy atom. The largest absolute Gasteiger partial charge is 0.388 e. The summed E-state index contributed by atoms with van der Waals surface area (Å²) in [4.78, 5) is 12.9. The van der Waals surface area contributed by atoms with Crippen LogP contribution in [-0.4, -0.2) is 76.0 Å². The molecule has 7 atom stereocenters. The highest BCUT2D eigenvalue weighted by Crippen LogP contribution is 2.30. The summed E-state index contributed by atoms with van der Waals surface area (Å²) in [5.74, 6) is -0.152. The third-order valence-electron chi connectivity index (χ3n) is 5.33. The summed E-state index contributed by atoms with van der Waals surface area (Å²) in [5.41, 5.74) is 0.630. The number of thioether (sulfide) groups is 1. The average molecular weight is 403 g/mol. The molecule has 0 aromatic heterocycles. The van der Waals surface area contributed by atoms with Gasteiger partial charge in [-0.3, -0.25) is 4.79 Å². The van der Waals surface area contributed by atoms with Gasteiger partial charge in [0.05, 0.1) is 12.1 Å². The Morgan fingerprint density at radius 1 is 1.33 bits per heavy atom. The van der Waals surface area contributed by atoms with Crippen LogP contribution >= 0.6 is 11.8 Å². The fraction of sp³-hybridized carbons (Fsp3) is 0.842. The number of ether oxygens (including phenoxy) is 1. The fourth-order valence-corrected chi connectivity index (χ4v) is 4.44. The van der Waals surface area contributed by atoms with Crippen molar-refractivity contribution in [2.24, 2.45) is 5.92 Å². The first-order valence-corrected chi connectivity index (χ1v) is 11.0. The van der Waals surface area contributed by atoms with E-state index in [0.717, 1.165) is 19.4 Å². The molecule has 0 aliphatic carbocycles. The van der Waals surface area contributed by atoms with E-state index in [4.69, 9.17) is 4.74 Å². The van der Waals surface area contributed by atoms with Gasteiger partial charge in [-0.25, -0.2) is 0 Å². The first-order chi connectivity index (χ1) is 12.8. The number of aliphatic hydroxyl groups excluding tert-OH is 3. The van der Waals surface area contributed by atoms with Crippen LogP contribution in [0.25, 0.3) is 0 Å². The van der Waals surface area contributed by atoms with E-state index in [9.17, 15) is 20.1 Å². The standard InChI is InChI=1S/C19H34N2O5S/c1-5-6-11-7-8-20-12(9-11)18(25)21-13(10(2)3)17-15(23)14(22)16(24)19(26-17)27-4/h6,10,12-17,19-20,22-24H,5,7-9H2,1-4H3,(H,21,25)/b11-6+. The van der Waals surface area contributed by atoms with Crippen molar-refractivity contribution in [1.29, 1.82) is 0 Å². The minimum absolute atomic E-state index is 0.0206. The lowest BCUT2D eigenvalue weighted by Crippen LogP contribution is -2.64. The molecular weight excluding hydrogens is 368 g/mol. The minimum Gasteiger partial charge on any atom is -0.388 e. The second-order valence-corrected chi connectivity index (χ2v) is 8.62. The van der Waals surface area contributed by atoms with Crippen molar-refractivity contribution in [2.45, 2.75) is 82.0 Å². The highest BCUT2D eigenvalue weighted by molar-refractivity contribution is 7.99. The van der Waals surface area contributed by atoms with Crippen molar-refractivity contribution >= 4 is 17.7 Å². The monoisotopic (exact) mass is 402 g/mol. The maximum absolute atomic E-state index is 12.9. The van der Waals surface area contributed by atoms with Gasteiger partial charge in [-0.15, -0.1) is 11.8 Å². The zero-order chi connectivity index (χ0) is 20.1. The van der Waals surface area contributed by atoms with Gasteiger partial charge in [-0.2, -0.15) is 0 Å². The second kappa shape index (κ2) is 10.2. The summed E-state index contributed by atoms with van der Waals surface area (Å²) in [6, 6.07) is -0.794. The van der Waals surface area contributed by atoms with E-state index in [1.54, 1.807) is 6.26 Å². The predicted octanol–water partition coefficient (Wildman–Crippen LogP) is 0.386. The number of nitrogens with one attached hydrogen (secondary N) is 2. The molecule has 0 aromatic carbocycles. The Morgan fingerprint density at radius 2 is 2.04 bits per heavy atom. The molecule has 2 fully saturated rings. The molecule has 0 aromatic rings. The van der Waals surface area contributed by atoms with Gasteiger partial charge in [-0.05, 0) is 38.0 Å². The van der Waals surface area contributed by atoms with Crippen molar-refractivity contribution in [3.8, 4) is 0 Å². The Kier molecular flexibility index (Phi) is 8.58. The van der Waals surface area contributed by atoms with Gasteiger partial charge in [0.25, 0.3) is 0 Å². The zero-order valence-corrected chi connectivity index (χ0v) is 17.4. The number of carbonyl (C=O) groups is 1. The Bertz CT molecular complexity index is 528. The van der Waals surface area contributed by atoms with Crippen LogP contribution in [0.15, 0.2) is 11.6 Å². The first-order valence-electron chi connectivity index (χ1n) is 9.74. The molecule has 0 spiro atoms. The van der Waals surface area contributed by atoms with Crippen LogP contribution in [0, 0.1) is 5.92 Å². The maximum Gasteiger partial charge on any atom is 0.237 e. The van der Waals surface area contributed by atoms with E-state index in [1.165, 1.54) is 17.3 Å². The summed E-state index contributed by atoms with van der Waals surface area (Å²) in [7, 11) is 0. The fourth-order valence-electron chi connectivity index (χ4n) is 3.76. The van der Waals surface area contributed by atoms with E-state index in [0.29, 0.717) is 6.42 Å². The molecular formula is C19H34N2O5S. The van der Waals surface area contributed by atoms with E-state index < -0.39 is 35.9 Å². The van der Waals surface area contributed by atoms with E-state index in [-0.39, 0.29) is 17.9 Å². The van der Waals surface area contributed by atoms with Crippen LogP contribution in [0.4, 0.5) is 0 Å². The molecule has 1 amide bonds. The lowest BCUT2D eigenvalue weighted by Gasteiger charge is -2.44. The molecule has 27 heavy (non-hydrogen) atoms. The Hall–Kier alpha value is -0.640. The molecule has 7 unspecified atom stereocenters. The van der Waals surface area contributed by atoms with Crippen molar-refractivity contribution < 1.29 is 24.9 Å². The van der Waals surface area contributed by atoms with Crippen LogP contribution in [0.2, 0.25) is 0 Å². The van der Waals surface area contributed by atoms with Crippen LogP contribution in [0.5, 0.6) is 0 Å². The lowest BCUT2D eigenvalue weighted by molar-refractivity contribution is -0.208. The van der Waals surface area contributed by atoms with Gasteiger partial charge in [-0.1, -0.05) is 32.4 Å². The van der Waals surface area contributed by atoms with Gasteiger partial charge >= 0.3 is 0 Å². The third-order valence-corrected chi connectivity index (χ3v) is 6.19. The molecule has 2 aliphatic rings. The first kappa shape index (κ1) is 22.6. The Balaban J connectivity index is 2.10. The van der Waals surface area contributed by atoms with Gasteiger partial charge < -0.3 is 30.7 Å². The molecule has 2 heterocycles. The van der Waals surface area contributed by atoms with Gasteiger partial charge in [0.2, 0.25) is 5.91 Å². The van der Waals surface area contributed by atoms with Gasteiger partial charge in [0.1, 0.15) is 29.9 Å². The molecule has 8 heteroatoms. The van der Waals surface area contributed by atoms with Crippen molar-refractivity contribution in [3.63, 3.8) is 0 Å². The van der Waals surface area contributed by atoms with Crippen LogP contribution < -0.4 is 10.6 Å². The summed E-state index contributed by atoms with van der Waals surface area (Å²) in [5, 5.41) is 37.0. The molecule has 0 radical (unpaired) electrons. The zero-order valence-electron chi connectivity index (χ0n) is 16.6. The van der Waals surface area contributed by atoms with Crippen molar-refractivity contribution in [1.82, 2.24) is 10.6 Å². The minimum atomic E-state index is -1.31. The summed E-state index contributed by atoms with van der Waals surface area (Å²) >= 11 is 1.27. The highest BCUT2D eigenvalue weighted by Gasteiger charge is 2.47. The topological polar surface area (TPSA) is 111 Å². The van der Waals surface area contributed by atoms with E-state index in [2.05, 4.69) is 23.6 Å². The van der Waals surface area contributed by atoms with Gasteiger partial charge in [0.15, 0.2) is 0 Å². The molecule has 0 saturated carbocycles. The smallest absolute Gasteiger partial charge is 0.237 e. The quantitative estimate of drug-likeness (QED) is 0.409. The molecule has 2 rings (SSSR count). The summed E-state index contributed by atoms with van der Waals surface area (Å²) in [6.45, 7) is 6.72. The number of allylic oxidation sites excluding steroid dienone is 1. The number of rotatable bonds is 6. The van der Waals surface area contributed by atoms with Gasteiger partial charge in [0, 0.05) is 0 Å². The summed E-state index contributed by atoms with van der Waals surface area (Å²) in [6.07, 6.45) is 1.98. The number of hydrogen-bond donors (Lipinski definition) is 5.